The van der Waals surface area contributed by atoms with E-state index in [0.717, 1.165) is 5.56 Å². The van der Waals surface area contributed by atoms with Gasteiger partial charge in [0.15, 0.2) is 0 Å². The number of hydrogen-bond acceptors (Lipinski definition) is 2. The summed E-state index contributed by atoms with van der Waals surface area (Å²) >= 11 is 0. The Bertz CT molecular complexity index is 453. The molecule has 0 amide bonds. The molecule has 2 rings (SSSR count). The highest BCUT2D eigenvalue weighted by Gasteiger charge is 2.37. The fourth-order valence-corrected chi connectivity index (χ4v) is 2.11. The lowest BCUT2D eigenvalue weighted by Crippen LogP contribution is -2.45. The van der Waals surface area contributed by atoms with E-state index in [0.29, 0.717) is 19.1 Å². The monoisotopic (exact) mass is 246 g/mol. The summed E-state index contributed by atoms with van der Waals surface area (Å²) in [6.45, 7) is 5.42. The van der Waals surface area contributed by atoms with Crippen LogP contribution in [-0.2, 0) is 14.9 Å². The molecule has 0 aromatic heterocycles. The molecule has 96 valence electrons. The number of carboxylic acids is 1. The van der Waals surface area contributed by atoms with Crippen LogP contribution in [0.2, 0.25) is 0 Å². The molecule has 18 heavy (non-hydrogen) atoms. The smallest absolute Gasteiger partial charge is 0.328 e. The minimum Gasteiger partial charge on any atom is -0.478 e. The SMILES string of the molecule is CC(C)c1ccc(C2(/C=C/C(=O)O)COC2)cc1. The summed E-state index contributed by atoms with van der Waals surface area (Å²) in [7, 11) is 0. The Kier molecular flexibility index (Phi) is 3.53. The molecule has 0 aliphatic carbocycles. The average molecular weight is 246 g/mol. The Balaban J connectivity index is 2.25. The molecule has 1 aromatic carbocycles. The van der Waals surface area contributed by atoms with E-state index in [1.165, 1.54) is 11.6 Å². The summed E-state index contributed by atoms with van der Waals surface area (Å²) in [5.41, 5.74) is 2.15. The Labute approximate surface area is 107 Å². The molecule has 1 N–H and O–H groups in total. The zero-order valence-corrected chi connectivity index (χ0v) is 10.7. The van der Waals surface area contributed by atoms with Crippen LogP contribution in [0.25, 0.3) is 0 Å². The molecule has 3 heteroatoms. The molecule has 0 radical (unpaired) electrons. The molecular formula is C15H18O3. The van der Waals surface area contributed by atoms with E-state index in [1.54, 1.807) is 6.08 Å². The Hall–Kier alpha value is -1.61. The van der Waals surface area contributed by atoms with E-state index < -0.39 is 5.97 Å². The number of hydrogen-bond donors (Lipinski definition) is 1. The first-order valence-electron chi connectivity index (χ1n) is 6.14. The van der Waals surface area contributed by atoms with E-state index in [4.69, 9.17) is 9.84 Å². The topological polar surface area (TPSA) is 46.5 Å². The number of carbonyl (C=O) groups is 1. The number of ether oxygens (including phenoxy) is 1. The Morgan fingerprint density at radius 3 is 2.33 bits per heavy atom. The number of rotatable bonds is 4. The van der Waals surface area contributed by atoms with Gasteiger partial charge in [-0.25, -0.2) is 4.79 Å². The van der Waals surface area contributed by atoms with Crippen molar-refractivity contribution in [1.29, 1.82) is 0 Å². The number of carboxylic acid groups (broad SMARTS) is 1. The molecule has 1 saturated heterocycles. The van der Waals surface area contributed by atoms with Gasteiger partial charge in [0.2, 0.25) is 0 Å². The second-order valence-electron chi connectivity index (χ2n) is 5.10. The molecule has 1 aliphatic rings. The van der Waals surface area contributed by atoms with E-state index in [2.05, 4.69) is 38.1 Å². The first kappa shape index (κ1) is 12.8. The normalized spacial score (nSPS) is 17.9. The lowest BCUT2D eigenvalue weighted by Gasteiger charge is -2.39. The van der Waals surface area contributed by atoms with E-state index >= 15 is 0 Å². The third-order valence-corrected chi connectivity index (χ3v) is 3.42. The number of benzene rings is 1. The largest absolute Gasteiger partial charge is 0.478 e. The predicted molar refractivity (Wildman–Crippen MR) is 69.8 cm³/mol. The van der Waals surface area contributed by atoms with Gasteiger partial charge in [0.25, 0.3) is 0 Å². The zero-order valence-electron chi connectivity index (χ0n) is 10.7. The first-order chi connectivity index (χ1) is 8.53. The van der Waals surface area contributed by atoms with Crippen LogP contribution >= 0.6 is 0 Å². The van der Waals surface area contributed by atoms with Gasteiger partial charge in [-0.3, -0.25) is 0 Å². The summed E-state index contributed by atoms with van der Waals surface area (Å²) in [5, 5.41) is 8.73. The van der Waals surface area contributed by atoms with Gasteiger partial charge < -0.3 is 9.84 Å². The molecule has 0 atom stereocenters. The summed E-state index contributed by atoms with van der Waals surface area (Å²) in [6, 6.07) is 8.36. The van der Waals surface area contributed by atoms with Gasteiger partial charge in [-0.2, -0.15) is 0 Å². The fraction of sp³-hybridized carbons (Fsp3) is 0.400. The van der Waals surface area contributed by atoms with Crippen LogP contribution in [0, 0.1) is 0 Å². The molecule has 0 saturated carbocycles. The summed E-state index contributed by atoms with van der Waals surface area (Å²) in [6.07, 6.45) is 2.95. The maximum absolute atomic E-state index is 10.6. The minimum absolute atomic E-state index is 0.256. The van der Waals surface area contributed by atoms with Crippen molar-refractivity contribution in [3.8, 4) is 0 Å². The van der Waals surface area contributed by atoms with Gasteiger partial charge in [0, 0.05) is 6.08 Å². The van der Waals surface area contributed by atoms with Crippen LogP contribution in [0.3, 0.4) is 0 Å². The maximum Gasteiger partial charge on any atom is 0.328 e. The molecule has 1 aromatic rings. The Morgan fingerprint density at radius 2 is 1.94 bits per heavy atom. The average Bonchev–Trinajstić information content (AvgIpc) is 2.28. The quantitative estimate of drug-likeness (QED) is 0.831. The van der Waals surface area contributed by atoms with Crippen LogP contribution < -0.4 is 0 Å². The highest BCUT2D eigenvalue weighted by molar-refractivity contribution is 5.80. The molecule has 1 aliphatic heterocycles. The van der Waals surface area contributed by atoms with E-state index in [-0.39, 0.29) is 5.41 Å². The van der Waals surface area contributed by atoms with Crippen molar-refractivity contribution in [3.63, 3.8) is 0 Å². The van der Waals surface area contributed by atoms with Gasteiger partial charge in [-0.05, 0) is 17.0 Å². The highest BCUT2D eigenvalue weighted by atomic mass is 16.5. The van der Waals surface area contributed by atoms with Crippen molar-refractivity contribution < 1.29 is 14.6 Å². The van der Waals surface area contributed by atoms with Crippen LogP contribution in [0.15, 0.2) is 36.4 Å². The Morgan fingerprint density at radius 1 is 1.33 bits per heavy atom. The van der Waals surface area contributed by atoms with Gasteiger partial charge in [0.05, 0.1) is 18.6 Å². The first-order valence-corrected chi connectivity index (χ1v) is 6.14. The molecule has 0 unspecified atom stereocenters. The maximum atomic E-state index is 10.6. The second-order valence-corrected chi connectivity index (χ2v) is 5.10. The second kappa shape index (κ2) is 4.94. The van der Waals surface area contributed by atoms with Crippen LogP contribution in [0.5, 0.6) is 0 Å². The van der Waals surface area contributed by atoms with Crippen molar-refractivity contribution in [2.75, 3.05) is 13.2 Å². The third-order valence-electron chi connectivity index (χ3n) is 3.42. The van der Waals surface area contributed by atoms with Crippen LogP contribution in [0.1, 0.15) is 30.9 Å². The molecule has 1 heterocycles. The molecule has 0 bridgehead atoms. The predicted octanol–water partition coefficient (Wildman–Crippen LogP) is 2.72. The van der Waals surface area contributed by atoms with Gasteiger partial charge in [0.1, 0.15) is 0 Å². The van der Waals surface area contributed by atoms with E-state index in [1.807, 2.05) is 0 Å². The minimum atomic E-state index is -0.917. The summed E-state index contributed by atoms with van der Waals surface area (Å²) in [4.78, 5) is 10.6. The van der Waals surface area contributed by atoms with Crippen LogP contribution in [0.4, 0.5) is 0 Å². The fourth-order valence-electron chi connectivity index (χ4n) is 2.11. The number of aliphatic carboxylic acids is 1. The van der Waals surface area contributed by atoms with Crippen LogP contribution in [-0.4, -0.2) is 24.3 Å². The highest BCUT2D eigenvalue weighted by Crippen LogP contribution is 2.34. The van der Waals surface area contributed by atoms with E-state index in [9.17, 15) is 4.79 Å². The molecule has 0 spiro atoms. The zero-order chi connectivity index (χ0) is 13.2. The van der Waals surface area contributed by atoms with Crippen molar-refractivity contribution in [1.82, 2.24) is 0 Å². The standard InChI is InChI=1S/C15H18O3/c1-11(2)12-3-5-13(6-4-12)15(9-18-10-15)8-7-14(16)17/h3-8,11H,9-10H2,1-2H3,(H,16,17)/b8-7+. The third kappa shape index (κ3) is 2.46. The van der Waals surface area contributed by atoms with Crippen molar-refractivity contribution >= 4 is 5.97 Å². The van der Waals surface area contributed by atoms with Crippen molar-refractivity contribution in [2.45, 2.75) is 25.2 Å². The summed E-state index contributed by atoms with van der Waals surface area (Å²) < 4.78 is 5.26. The lowest BCUT2D eigenvalue weighted by molar-refractivity contribution is -0.131. The van der Waals surface area contributed by atoms with Crippen molar-refractivity contribution in [2.24, 2.45) is 0 Å². The summed E-state index contributed by atoms with van der Waals surface area (Å²) in [5.74, 6) is -0.415. The lowest BCUT2D eigenvalue weighted by atomic mass is 9.78. The molecule has 1 fully saturated rings. The van der Waals surface area contributed by atoms with Gasteiger partial charge in [-0.1, -0.05) is 44.2 Å². The van der Waals surface area contributed by atoms with Gasteiger partial charge in [-0.15, -0.1) is 0 Å². The van der Waals surface area contributed by atoms with Gasteiger partial charge >= 0.3 is 5.97 Å². The van der Waals surface area contributed by atoms with Crippen molar-refractivity contribution in [3.05, 3.63) is 47.5 Å². The molecule has 3 nitrogen and oxygen atoms in total. The molecular weight excluding hydrogens is 228 g/mol.